The summed E-state index contributed by atoms with van der Waals surface area (Å²) in [5, 5.41) is 0. The second kappa shape index (κ2) is 8.78. The Morgan fingerprint density at radius 2 is 1.19 bits per heavy atom. The SMILES string of the molecule is O=C1/C(=C/c2ccccc2)C2=C(C(=O)N(c3ccccc3)[C@@H]2c2ccccc2F)N1c1ccccc1. The highest BCUT2D eigenvalue weighted by atomic mass is 19.1. The van der Waals surface area contributed by atoms with Crippen LogP contribution in [0.2, 0.25) is 0 Å². The molecule has 0 aromatic heterocycles. The summed E-state index contributed by atoms with van der Waals surface area (Å²) in [5.74, 6) is -1.09. The molecule has 36 heavy (non-hydrogen) atoms. The number of halogens is 1. The summed E-state index contributed by atoms with van der Waals surface area (Å²) in [7, 11) is 0. The summed E-state index contributed by atoms with van der Waals surface area (Å²) >= 11 is 0. The van der Waals surface area contributed by atoms with E-state index in [1.165, 1.54) is 11.0 Å². The first-order valence-corrected chi connectivity index (χ1v) is 11.7. The van der Waals surface area contributed by atoms with Crippen LogP contribution in [-0.2, 0) is 9.59 Å². The van der Waals surface area contributed by atoms with Crippen molar-refractivity contribution in [3.63, 3.8) is 0 Å². The van der Waals surface area contributed by atoms with E-state index in [1.807, 2.05) is 78.9 Å². The minimum atomic E-state index is -0.802. The van der Waals surface area contributed by atoms with Gasteiger partial charge in [0.15, 0.2) is 0 Å². The second-order valence-electron chi connectivity index (χ2n) is 8.64. The molecule has 4 aromatic carbocycles. The van der Waals surface area contributed by atoms with E-state index in [2.05, 4.69) is 0 Å². The first-order valence-electron chi connectivity index (χ1n) is 11.7. The van der Waals surface area contributed by atoms with Gasteiger partial charge >= 0.3 is 0 Å². The first-order chi connectivity index (χ1) is 17.6. The average molecular weight is 473 g/mol. The topological polar surface area (TPSA) is 40.6 Å². The van der Waals surface area contributed by atoms with Crippen molar-refractivity contribution in [2.24, 2.45) is 0 Å². The minimum Gasteiger partial charge on any atom is -0.295 e. The Kier molecular flexibility index (Phi) is 5.30. The molecule has 0 radical (unpaired) electrons. The highest BCUT2D eigenvalue weighted by molar-refractivity contribution is 6.29. The van der Waals surface area contributed by atoms with Crippen molar-refractivity contribution in [1.82, 2.24) is 0 Å². The Labute approximate surface area is 208 Å². The van der Waals surface area contributed by atoms with Gasteiger partial charge in [0, 0.05) is 28.1 Å². The molecule has 0 N–H and O–H groups in total. The van der Waals surface area contributed by atoms with Gasteiger partial charge in [-0.15, -0.1) is 0 Å². The molecule has 0 aliphatic carbocycles. The Balaban J connectivity index is 1.64. The molecule has 2 amide bonds. The van der Waals surface area contributed by atoms with Crippen LogP contribution in [-0.4, -0.2) is 11.8 Å². The Morgan fingerprint density at radius 3 is 1.83 bits per heavy atom. The molecule has 0 spiro atoms. The van der Waals surface area contributed by atoms with Crippen LogP contribution in [0.3, 0.4) is 0 Å². The zero-order chi connectivity index (χ0) is 24.6. The number of rotatable bonds is 4. The van der Waals surface area contributed by atoms with Gasteiger partial charge < -0.3 is 0 Å². The number of hydrogen-bond acceptors (Lipinski definition) is 2. The molecule has 1 atom stereocenters. The molecule has 0 saturated heterocycles. The standard InChI is InChI=1S/C31H21FN2O2/c32-26-19-11-10-18-24(26)28-27-25(20-21-12-4-1-5-13-21)30(35)34(23-16-8-3-9-17-23)29(27)31(36)33(28)22-14-6-2-7-15-22/h1-20,28H/b25-20+/t28-/m1/s1. The fourth-order valence-corrected chi connectivity index (χ4v) is 4.96. The summed E-state index contributed by atoms with van der Waals surface area (Å²) < 4.78 is 15.3. The van der Waals surface area contributed by atoms with Crippen molar-refractivity contribution in [3.8, 4) is 0 Å². The molecule has 0 saturated carbocycles. The van der Waals surface area contributed by atoms with Crippen LogP contribution in [0.25, 0.3) is 6.08 Å². The van der Waals surface area contributed by atoms with Crippen LogP contribution in [0.4, 0.5) is 15.8 Å². The maximum absolute atomic E-state index is 15.3. The molecule has 2 heterocycles. The monoisotopic (exact) mass is 472 g/mol. The second-order valence-corrected chi connectivity index (χ2v) is 8.64. The first kappa shape index (κ1) is 21.7. The van der Waals surface area contributed by atoms with Gasteiger partial charge in [-0.2, -0.15) is 0 Å². The Hall–Kier alpha value is -4.77. The van der Waals surface area contributed by atoms with Crippen molar-refractivity contribution in [2.45, 2.75) is 6.04 Å². The number of nitrogens with zero attached hydrogens (tertiary/aromatic N) is 2. The van der Waals surface area contributed by atoms with E-state index in [0.717, 1.165) is 5.56 Å². The fourth-order valence-electron chi connectivity index (χ4n) is 4.96. The van der Waals surface area contributed by atoms with Gasteiger partial charge in [-0.3, -0.25) is 19.4 Å². The van der Waals surface area contributed by atoms with Crippen LogP contribution in [0.5, 0.6) is 0 Å². The normalized spacial score (nSPS) is 18.4. The largest absolute Gasteiger partial charge is 0.295 e. The lowest BCUT2D eigenvalue weighted by Gasteiger charge is -2.30. The summed E-state index contributed by atoms with van der Waals surface area (Å²) in [6, 6.07) is 33.4. The number of para-hydroxylation sites is 2. The highest BCUT2D eigenvalue weighted by Gasteiger charge is 2.52. The van der Waals surface area contributed by atoms with Crippen LogP contribution in [0.15, 0.2) is 132 Å². The number of carbonyl (C=O) groups is 2. The Bertz CT molecular complexity index is 1530. The van der Waals surface area contributed by atoms with E-state index in [9.17, 15) is 9.59 Å². The Morgan fingerprint density at radius 1 is 0.639 bits per heavy atom. The third-order valence-electron chi connectivity index (χ3n) is 6.51. The van der Waals surface area contributed by atoms with Crippen molar-refractivity contribution >= 4 is 29.3 Å². The van der Waals surface area contributed by atoms with Gasteiger partial charge in [0.25, 0.3) is 11.8 Å². The van der Waals surface area contributed by atoms with E-state index >= 15 is 4.39 Å². The van der Waals surface area contributed by atoms with Gasteiger partial charge in [0.1, 0.15) is 11.5 Å². The molecular weight excluding hydrogens is 451 g/mol. The number of benzene rings is 4. The maximum atomic E-state index is 15.3. The zero-order valence-electron chi connectivity index (χ0n) is 19.2. The van der Waals surface area contributed by atoms with Crippen molar-refractivity contribution in [1.29, 1.82) is 0 Å². The lowest BCUT2D eigenvalue weighted by molar-refractivity contribution is -0.118. The summed E-state index contributed by atoms with van der Waals surface area (Å²) in [5.41, 5.74) is 3.51. The number of carbonyl (C=O) groups excluding carboxylic acids is 2. The minimum absolute atomic E-state index is 0.255. The van der Waals surface area contributed by atoms with Crippen LogP contribution >= 0.6 is 0 Å². The summed E-state index contributed by atoms with van der Waals surface area (Å²) in [6.07, 6.45) is 1.79. The lowest BCUT2D eigenvalue weighted by atomic mass is 9.92. The molecule has 4 nitrogen and oxygen atoms in total. The van der Waals surface area contributed by atoms with Crippen molar-refractivity contribution in [2.75, 3.05) is 9.80 Å². The van der Waals surface area contributed by atoms with Gasteiger partial charge in [-0.1, -0.05) is 84.9 Å². The number of anilines is 2. The summed E-state index contributed by atoms with van der Waals surface area (Å²) in [6.45, 7) is 0. The van der Waals surface area contributed by atoms with Crippen LogP contribution in [0.1, 0.15) is 17.2 Å². The molecule has 5 heteroatoms. The molecule has 4 aromatic rings. The quantitative estimate of drug-likeness (QED) is 0.327. The van der Waals surface area contributed by atoms with Gasteiger partial charge in [-0.25, -0.2) is 4.39 Å². The molecule has 6 rings (SSSR count). The molecule has 0 fully saturated rings. The van der Waals surface area contributed by atoms with E-state index in [1.54, 1.807) is 41.3 Å². The summed E-state index contributed by atoms with van der Waals surface area (Å²) in [4.78, 5) is 31.1. The van der Waals surface area contributed by atoms with Gasteiger partial charge in [-0.05, 0) is 42.0 Å². The molecular formula is C31H21FN2O2. The molecule has 0 unspecified atom stereocenters. The smallest absolute Gasteiger partial charge is 0.276 e. The zero-order valence-corrected chi connectivity index (χ0v) is 19.2. The lowest BCUT2D eigenvalue weighted by Crippen LogP contribution is -2.38. The molecule has 174 valence electrons. The van der Waals surface area contributed by atoms with Gasteiger partial charge in [0.2, 0.25) is 0 Å². The molecule has 2 aliphatic heterocycles. The van der Waals surface area contributed by atoms with E-state index in [0.29, 0.717) is 28.1 Å². The molecule has 2 aliphatic rings. The van der Waals surface area contributed by atoms with Gasteiger partial charge in [0.05, 0.1) is 6.04 Å². The predicted molar refractivity (Wildman–Crippen MR) is 138 cm³/mol. The average Bonchev–Trinajstić information content (AvgIpc) is 3.37. The highest BCUT2D eigenvalue weighted by Crippen LogP contribution is 2.51. The van der Waals surface area contributed by atoms with Crippen molar-refractivity contribution < 1.29 is 14.0 Å². The maximum Gasteiger partial charge on any atom is 0.276 e. The van der Waals surface area contributed by atoms with Crippen molar-refractivity contribution in [3.05, 3.63) is 149 Å². The number of amides is 2. The molecule has 0 bridgehead atoms. The van der Waals surface area contributed by atoms with E-state index < -0.39 is 11.9 Å². The predicted octanol–water partition coefficient (Wildman–Crippen LogP) is 6.30. The van der Waals surface area contributed by atoms with E-state index in [-0.39, 0.29) is 17.5 Å². The van der Waals surface area contributed by atoms with Crippen LogP contribution < -0.4 is 9.80 Å². The van der Waals surface area contributed by atoms with Crippen LogP contribution in [0, 0.1) is 5.82 Å². The third-order valence-corrected chi connectivity index (χ3v) is 6.51. The van der Waals surface area contributed by atoms with E-state index in [4.69, 9.17) is 0 Å². The third kappa shape index (κ3) is 3.45. The number of hydrogen-bond donors (Lipinski definition) is 0. The fraction of sp³-hybridized carbons (Fsp3) is 0.0323.